The molecule has 1 saturated heterocycles. The van der Waals surface area contributed by atoms with Crippen LogP contribution >= 0.6 is 0 Å². The van der Waals surface area contributed by atoms with E-state index >= 15 is 0 Å². The Morgan fingerprint density at radius 2 is 2.00 bits per heavy atom. The second-order valence-corrected chi connectivity index (χ2v) is 5.44. The lowest BCUT2D eigenvalue weighted by molar-refractivity contribution is 0.222. The van der Waals surface area contributed by atoms with Crippen LogP contribution in [0.5, 0.6) is 0 Å². The van der Waals surface area contributed by atoms with Crippen LogP contribution in [0.3, 0.4) is 0 Å². The minimum atomic E-state index is -0.0634. The zero-order valence-corrected chi connectivity index (χ0v) is 12.1. The number of pyridine rings is 1. The summed E-state index contributed by atoms with van der Waals surface area (Å²) < 4.78 is 0. The molecule has 0 unspecified atom stereocenters. The van der Waals surface area contributed by atoms with Crippen LogP contribution in [-0.2, 0) is 0 Å². The molecule has 2 heterocycles. The van der Waals surface area contributed by atoms with Crippen molar-refractivity contribution in [1.82, 2.24) is 9.88 Å². The van der Waals surface area contributed by atoms with Gasteiger partial charge < -0.3 is 4.90 Å². The van der Waals surface area contributed by atoms with Gasteiger partial charge in [-0.3, -0.25) is 5.32 Å². The summed E-state index contributed by atoms with van der Waals surface area (Å²) in [6.07, 6.45) is 1.01. The van der Waals surface area contributed by atoms with Crippen molar-refractivity contribution < 1.29 is 4.79 Å². The summed E-state index contributed by atoms with van der Waals surface area (Å²) in [6, 6.07) is 15.9. The van der Waals surface area contributed by atoms with Crippen molar-refractivity contribution in [1.29, 1.82) is 0 Å². The molecular weight excluding hydrogens is 262 g/mol. The maximum absolute atomic E-state index is 12.3. The second-order valence-electron chi connectivity index (χ2n) is 5.44. The van der Waals surface area contributed by atoms with E-state index in [9.17, 15) is 4.79 Å². The van der Waals surface area contributed by atoms with Gasteiger partial charge in [0.05, 0.1) is 0 Å². The first-order valence-electron chi connectivity index (χ1n) is 7.27. The number of rotatable bonds is 2. The number of nitrogens with zero attached hydrogens (tertiary/aromatic N) is 2. The average Bonchev–Trinajstić information content (AvgIpc) is 2.98. The normalized spacial score (nSPS) is 17.8. The summed E-state index contributed by atoms with van der Waals surface area (Å²) >= 11 is 0. The molecule has 0 radical (unpaired) electrons. The molecule has 108 valence electrons. The third kappa shape index (κ3) is 3.21. The summed E-state index contributed by atoms with van der Waals surface area (Å²) in [5, 5.41) is 2.87. The van der Waals surface area contributed by atoms with E-state index in [0.29, 0.717) is 11.7 Å². The van der Waals surface area contributed by atoms with Gasteiger partial charge in [0.2, 0.25) is 0 Å². The standard InChI is InChI=1S/C17H19N3O/c1-13-6-5-9-16(18-13)19-17(21)20-11-10-15(12-20)14-7-3-2-4-8-14/h2-9,15H,10-12H2,1H3,(H,18,19,21)/t15-/m1/s1. The van der Waals surface area contributed by atoms with Crippen LogP contribution in [0.4, 0.5) is 10.6 Å². The topological polar surface area (TPSA) is 45.2 Å². The highest BCUT2D eigenvalue weighted by molar-refractivity contribution is 5.88. The summed E-state index contributed by atoms with van der Waals surface area (Å²) in [4.78, 5) is 18.4. The molecule has 1 aromatic carbocycles. The first-order valence-corrected chi connectivity index (χ1v) is 7.27. The lowest BCUT2D eigenvalue weighted by Gasteiger charge is -2.17. The Morgan fingerprint density at radius 1 is 1.19 bits per heavy atom. The average molecular weight is 281 g/mol. The number of aryl methyl sites for hydroxylation is 1. The van der Waals surface area contributed by atoms with Crippen LogP contribution in [-0.4, -0.2) is 29.0 Å². The number of amides is 2. The van der Waals surface area contributed by atoms with E-state index in [2.05, 4.69) is 34.6 Å². The molecule has 1 fully saturated rings. The Kier molecular flexibility index (Phi) is 3.86. The molecule has 3 rings (SSSR count). The van der Waals surface area contributed by atoms with Crippen molar-refractivity contribution in [2.75, 3.05) is 18.4 Å². The molecular formula is C17H19N3O. The highest BCUT2D eigenvalue weighted by Crippen LogP contribution is 2.27. The number of carbonyl (C=O) groups is 1. The third-order valence-corrected chi connectivity index (χ3v) is 3.87. The molecule has 2 amide bonds. The van der Waals surface area contributed by atoms with Gasteiger partial charge in [0.15, 0.2) is 0 Å². The van der Waals surface area contributed by atoms with E-state index in [4.69, 9.17) is 0 Å². The predicted molar refractivity (Wildman–Crippen MR) is 83.4 cm³/mol. The van der Waals surface area contributed by atoms with Gasteiger partial charge in [-0.15, -0.1) is 0 Å². The van der Waals surface area contributed by atoms with E-state index < -0.39 is 0 Å². The number of urea groups is 1. The number of carbonyl (C=O) groups excluding carboxylic acids is 1. The van der Waals surface area contributed by atoms with E-state index in [0.717, 1.165) is 25.2 Å². The van der Waals surface area contributed by atoms with Gasteiger partial charge in [-0.25, -0.2) is 9.78 Å². The number of anilines is 1. The highest BCUT2D eigenvalue weighted by Gasteiger charge is 2.27. The minimum Gasteiger partial charge on any atom is -0.324 e. The van der Waals surface area contributed by atoms with Crippen molar-refractivity contribution in [3.8, 4) is 0 Å². The quantitative estimate of drug-likeness (QED) is 0.916. The summed E-state index contributed by atoms with van der Waals surface area (Å²) in [5.74, 6) is 1.05. The third-order valence-electron chi connectivity index (χ3n) is 3.87. The van der Waals surface area contributed by atoms with Gasteiger partial charge in [-0.05, 0) is 31.0 Å². The van der Waals surface area contributed by atoms with Crippen LogP contribution in [0, 0.1) is 6.92 Å². The van der Waals surface area contributed by atoms with Crippen molar-refractivity contribution in [2.24, 2.45) is 0 Å². The van der Waals surface area contributed by atoms with Crippen molar-refractivity contribution in [3.63, 3.8) is 0 Å². The van der Waals surface area contributed by atoms with Gasteiger partial charge >= 0.3 is 6.03 Å². The molecule has 2 aromatic rings. The maximum Gasteiger partial charge on any atom is 0.323 e. The van der Waals surface area contributed by atoms with Crippen molar-refractivity contribution >= 4 is 11.8 Å². The molecule has 0 spiro atoms. The SMILES string of the molecule is Cc1cccc(NC(=O)N2CC[C@@H](c3ccccc3)C2)n1. The van der Waals surface area contributed by atoms with E-state index in [1.165, 1.54) is 5.56 Å². The summed E-state index contributed by atoms with van der Waals surface area (Å²) in [5.41, 5.74) is 2.21. The van der Waals surface area contributed by atoms with Crippen LogP contribution in [0.2, 0.25) is 0 Å². The molecule has 4 nitrogen and oxygen atoms in total. The molecule has 21 heavy (non-hydrogen) atoms. The Bertz CT molecular complexity index is 627. The Balaban J connectivity index is 1.62. The fraction of sp³-hybridized carbons (Fsp3) is 0.294. The van der Waals surface area contributed by atoms with Gasteiger partial charge in [0, 0.05) is 24.7 Å². The zero-order valence-electron chi connectivity index (χ0n) is 12.1. The molecule has 0 aliphatic carbocycles. The van der Waals surface area contributed by atoms with Crippen LogP contribution in [0.1, 0.15) is 23.6 Å². The molecule has 1 aliphatic heterocycles. The predicted octanol–water partition coefficient (Wildman–Crippen LogP) is 3.41. The Hall–Kier alpha value is -2.36. The molecule has 0 bridgehead atoms. The molecule has 1 aromatic heterocycles. The lowest BCUT2D eigenvalue weighted by atomic mass is 9.99. The van der Waals surface area contributed by atoms with Gasteiger partial charge in [-0.1, -0.05) is 36.4 Å². The first kappa shape index (κ1) is 13.6. The molecule has 0 saturated carbocycles. The zero-order chi connectivity index (χ0) is 14.7. The molecule has 1 aliphatic rings. The van der Waals surface area contributed by atoms with Crippen LogP contribution in [0.25, 0.3) is 0 Å². The fourth-order valence-electron chi connectivity index (χ4n) is 2.74. The summed E-state index contributed by atoms with van der Waals surface area (Å²) in [7, 11) is 0. The fourth-order valence-corrected chi connectivity index (χ4v) is 2.74. The maximum atomic E-state index is 12.3. The number of aromatic nitrogens is 1. The largest absolute Gasteiger partial charge is 0.324 e. The van der Waals surface area contributed by atoms with Gasteiger partial charge in [-0.2, -0.15) is 0 Å². The van der Waals surface area contributed by atoms with Gasteiger partial charge in [0.25, 0.3) is 0 Å². The number of hydrogen-bond donors (Lipinski definition) is 1. The Morgan fingerprint density at radius 3 is 2.76 bits per heavy atom. The minimum absolute atomic E-state index is 0.0634. The smallest absolute Gasteiger partial charge is 0.323 e. The second kappa shape index (κ2) is 5.95. The number of benzene rings is 1. The van der Waals surface area contributed by atoms with Crippen LogP contribution in [0.15, 0.2) is 48.5 Å². The Labute approximate surface area is 124 Å². The van der Waals surface area contributed by atoms with Crippen molar-refractivity contribution in [2.45, 2.75) is 19.3 Å². The first-order chi connectivity index (χ1) is 10.2. The molecule has 1 atom stereocenters. The van der Waals surface area contributed by atoms with E-state index in [-0.39, 0.29) is 6.03 Å². The van der Waals surface area contributed by atoms with E-state index in [1.54, 1.807) is 0 Å². The van der Waals surface area contributed by atoms with Gasteiger partial charge in [0.1, 0.15) is 5.82 Å². The monoisotopic (exact) mass is 281 g/mol. The highest BCUT2D eigenvalue weighted by atomic mass is 16.2. The number of likely N-dealkylation sites (tertiary alicyclic amines) is 1. The lowest BCUT2D eigenvalue weighted by Crippen LogP contribution is -2.33. The molecule has 4 heteroatoms. The number of hydrogen-bond acceptors (Lipinski definition) is 2. The number of nitrogens with one attached hydrogen (secondary N) is 1. The summed E-state index contributed by atoms with van der Waals surface area (Å²) in [6.45, 7) is 3.47. The molecule has 1 N–H and O–H groups in total. The van der Waals surface area contributed by atoms with E-state index in [1.807, 2.05) is 36.1 Å². The van der Waals surface area contributed by atoms with Crippen molar-refractivity contribution in [3.05, 3.63) is 59.8 Å². The van der Waals surface area contributed by atoms with Crippen LogP contribution < -0.4 is 5.32 Å².